The highest BCUT2D eigenvalue weighted by atomic mass is 79.9. The van der Waals surface area contributed by atoms with Gasteiger partial charge in [-0.05, 0) is 59.9 Å². The summed E-state index contributed by atoms with van der Waals surface area (Å²) in [5, 5.41) is 2.25. The molecule has 0 aliphatic carbocycles. The van der Waals surface area contributed by atoms with Crippen molar-refractivity contribution in [2.45, 2.75) is 32.4 Å². The molecule has 0 fully saturated rings. The smallest absolute Gasteiger partial charge is 0.331 e. The van der Waals surface area contributed by atoms with E-state index in [1.807, 2.05) is 48.5 Å². The molecule has 32 heavy (non-hydrogen) atoms. The van der Waals surface area contributed by atoms with E-state index in [9.17, 15) is 9.59 Å². The zero-order valence-corrected chi connectivity index (χ0v) is 19.3. The van der Waals surface area contributed by atoms with Crippen molar-refractivity contribution in [1.29, 1.82) is 0 Å². The van der Waals surface area contributed by atoms with Gasteiger partial charge in [0.2, 0.25) is 0 Å². The third kappa shape index (κ3) is 5.37. The summed E-state index contributed by atoms with van der Waals surface area (Å²) in [4.78, 5) is 25.3. The molecule has 0 N–H and O–H groups in total. The van der Waals surface area contributed by atoms with Crippen LogP contribution in [0.1, 0.15) is 24.8 Å². The number of rotatable bonds is 9. The quantitative estimate of drug-likeness (QED) is 0.301. The molecule has 4 aromatic rings. The molecule has 164 valence electrons. The monoisotopic (exact) mass is 492 g/mol. The largest absolute Gasteiger partial charge is 0.494 e. The normalized spacial score (nSPS) is 11.0. The van der Waals surface area contributed by atoms with Crippen molar-refractivity contribution < 1.29 is 4.74 Å². The fraction of sp³-hybridized carbons (Fsp3) is 0.231. The first kappa shape index (κ1) is 22.1. The van der Waals surface area contributed by atoms with Crippen LogP contribution in [-0.2, 0) is 13.1 Å². The van der Waals surface area contributed by atoms with Gasteiger partial charge in [-0.25, -0.2) is 4.79 Å². The molecule has 0 bridgehead atoms. The fourth-order valence-electron chi connectivity index (χ4n) is 3.77. The Hall–Kier alpha value is -3.12. The van der Waals surface area contributed by atoms with Crippen molar-refractivity contribution in [3.8, 4) is 5.75 Å². The van der Waals surface area contributed by atoms with Gasteiger partial charge in [-0.15, -0.1) is 0 Å². The van der Waals surface area contributed by atoms with E-state index in [2.05, 4.69) is 34.1 Å². The van der Waals surface area contributed by atoms with Gasteiger partial charge in [0.25, 0.3) is 5.56 Å². The van der Waals surface area contributed by atoms with Crippen molar-refractivity contribution in [2.24, 2.45) is 0 Å². The van der Waals surface area contributed by atoms with Crippen LogP contribution >= 0.6 is 15.9 Å². The van der Waals surface area contributed by atoms with Crippen molar-refractivity contribution in [3.05, 3.63) is 110 Å². The van der Waals surface area contributed by atoms with Gasteiger partial charge in [-0.2, -0.15) is 0 Å². The maximum atomic E-state index is 13.0. The Bertz CT molecular complexity index is 1300. The van der Waals surface area contributed by atoms with E-state index in [1.54, 1.807) is 10.8 Å². The van der Waals surface area contributed by atoms with Gasteiger partial charge in [0, 0.05) is 23.3 Å². The molecule has 1 aromatic heterocycles. The Morgan fingerprint density at radius 3 is 2.44 bits per heavy atom. The molecule has 4 rings (SSSR count). The molecule has 0 saturated heterocycles. The minimum Gasteiger partial charge on any atom is -0.494 e. The van der Waals surface area contributed by atoms with E-state index in [-0.39, 0.29) is 11.2 Å². The Balaban J connectivity index is 1.36. The summed E-state index contributed by atoms with van der Waals surface area (Å²) in [5.41, 5.74) is 0.535. The third-order valence-corrected chi connectivity index (χ3v) is 6.00. The minimum absolute atomic E-state index is 0.254. The molecule has 1 heterocycles. The number of fused-ring (bicyclic) bond motifs is 1. The summed E-state index contributed by atoms with van der Waals surface area (Å²) in [7, 11) is 0. The van der Waals surface area contributed by atoms with Gasteiger partial charge in [0.05, 0.1) is 13.2 Å². The molecular weight excluding hydrogens is 468 g/mol. The highest BCUT2D eigenvalue weighted by Gasteiger charge is 2.08. The van der Waals surface area contributed by atoms with Crippen LogP contribution < -0.4 is 16.0 Å². The van der Waals surface area contributed by atoms with Crippen molar-refractivity contribution >= 4 is 26.7 Å². The van der Waals surface area contributed by atoms with Gasteiger partial charge in [0.15, 0.2) is 0 Å². The Morgan fingerprint density at radius 1 is 0.812 bits per heavy atom. The molecule has 0 spiro atoms. The van der Waals surface area contributed by atoms with Gasteiger partial charge >= 0.3 is 5.69 Å². The van der Waals surface area contributed by atoms with Gasteiger partial charge in [0.1, 0.15) is 5.75 Å². The Kier molecular flexibility index (Phi) is 7.22. The number of ether oxygens (including phenoxy) is 1. The number of aromatic nitrogens is 2. The van der Waals surface area contributed by atoms with E-state index in [1.165, 1.54) is 10.6 Å². The second-order valence-electron chi connectivity index (χ2n) is 7.72. The molecule has 6 heteroatoms. The van der Waals surface area contributed by atoms with E-state index < -0.39 is 0 Å². The van der Waals surface area contributed by atoms with Gasteiger partial charge in [-0.1, -0.05) is 58.4 Å². The Labute approximate surface area is 195 Å². The number of hydrogen-bond donors (Lipinski definition) is 0. The number of halogens is 1. The number of nitrogens with zero attached hydrogens (tertiary/aromatic N) is 2. The van der Waals surface area contributed by atoms with Crippen LogP contribution in [0.5, 0.6) is 5.75 Å². The topological polar surface area (TPSA) is 53.2 Å². The molecular formula is C26H25BrN2O3. The molecule has 5 nitrogen and oxygen atoms in total. The summed E-state index contributed by atoms with van der Waals surface area (Å²) in [6, 6.07) is 23.4. The lowest BCUT2D eigenvalue weighted by molar-refractivity contribution is 0.303. The zero-order chi connectivity index (χ0) is 22.3. The summed E-state index contributed by atoms with van der Waals surface area (Å²) in [5.74, 6) is 0.837. The number of benzene rings is 3. The number of hydrogen-bond acceptors (Lipinski definition) is 3. The molecule has 3 aromatic carbocycles. The van der Waals surface area contributed by atoms with Gasteiger partial charge in [-0.3, -0.25) is 13.9 Å². The highest BCUT2D eigenvalue weighted by molar-refractivity contribution is 9.10. The zero-order valence-electron chi connectivity index (χ0n) is 17.7. The molecule has 0 saturated carbocycles. The lowest BCUT2D eigenvalue weighted by Gasteiger charge is -2.12. The molecule has 0 radical (unpaired) electrons. The highest BCUT2D eigenvalue weighted by Crippen LogP contribution is 2.19. The molecule has 0 atom stereocenters. The molecule has 0 amide bonds. The van der Waals surface area contributed by atoms with E-state index in [0.717, 1.165) is 45.8 Å². The molecule has 0 aliphatic rings. The first-order valence-electron chi connectivity index (χ1n) is 10.8. The van der Waals surface area contributed by atoms with Crippen LogP contribution in [0, 0.1) is 0 Å². The lowest BCUT2D eigenvalue weighted by atomic mass is 10.0. The summed E-state index contributed by atoms with van der Waals surface area (Å²) in [6.45, 7) is 1.45. The van der Waals surface area contributed by atoms with Crippen molar-refractivity contribution in [2.75, 3.05) is 6.61 Å². The standard InChI is InChI=1S/C26H25BrN2O3/c27-22-11-13-23(14-12-22)32-18-5-1-4-16-29-25(30)15-17-28(26(29)31)19-21-9-6-8-20-7-2-3-10-24(20)21/h2-3,6-15,17H,1,4-5,16,18-19H2. The Morgan fingerprint density at radius 2 is 1.59 bits per heavy atom. The predicted molar refractivity (Wildman–Crippen MR) is 132 cm³/mol. The average molecular weight is 493 g/mol. The summed E-state index contributed by atoms with van der Waals surface area (Å²) >= 11 is 3.40. The molecule has 0 aliphatic heterocycles. The maximum Gasteiger partial charge on any atom is 0.331 e. The average Bonchev–Trinajstić information content (AvgIpc) is 2.81. The molecule has 0 unspecified atom stereocenters. The van der Waals surface area contributed by atoms with Crippen LogP contribution in [0.15, 0.2) is 93.1 Å². The fourth-order valence-corrected chi connectivity index (χ4v) is 4.03. The van der Waals surface area contributed by atoms with Gasteiger partial charge < -0.3 is 4.74 Å². The van der Waals surface area contributed by atoms with Crippen LogP contribution in [0.4, 0.5) is 0 Å². The first-order chi connectivity index (χ1) is 15.6. The van der Waals surface area contributed by atoms with E-state index >= 15 is 0 Å². The van der Waals surface area contributed by atoms with E-state index in [4.69, 9.17) is 4.74 Å². The summed E-state index contributed by atoms with van der Waals surface area (Å²) in [6.07, 6.45) is 4.08. The van der Waals surface area contributed by atoms with Crippen molar-refractivity contribution in [3.63, 3.8) is 0 Å². The minimum atomic E-state index is -0.267. The second-order valence-corrected chi connectivity index (χ2v) is 8.63. The maximum absolute atomic E-state index is 13.0. The lowest BCUT2D eigenvalue weighted by Crippen LogP contribution is -2.39. The van der Waals surface area contributed by atoms with Crippen molar-refractivity contribution in [1.82, 2.24) is 9.13 Å². The second kappa shape index (κ2) is 10.5. The van der Waals surface area contributed by atoms with Crippen LogP contribution in [0.25, 0.3) is 10.8 Å². The van der Waals surface area contributed by atoms with Crippen LogP contribution in [0.2, 0.25) is 0 Å². The van der Waals surface area contributed by atoms with E-state index in [0.29, 0.717) is 19.7 Å². The predicted octanol–water partition coefficient (Wildman–Crippen LogP) is 5.22. The SMILES string of the molecule is O=c1ccn(Cc2cccc3ccccc23)c(=O)n1CCCCCOc1ccc(Br)cc1. The van der Waals surface area contributed by atoms with Crippen LogP contribution in [-0.4, -0.2) is 15.7 Å². The van der Waals surface area contributed by atoms with Crippen LogP contribution in [0.3, 0.4) is 0 Å². The summed E-state index contributed by atoms with van der Waals surface area (Å²) < 4.78 is 9.69. The third-order valence-electron chi connectivity index (χ3n) is 5.47. The first-order valence-corrected chi connectivity index (χ1v) is 11.6. The number of unbranched alkanes of at least 4 members (excludes halogenated alkanes) is 2.